The van der Waals surface area contributed by atoms with Crippen LogP contribution in [0, 0.1) is 5.82 Å². The van der Waals surface area contributed by atoms with Crippen LogP contribution in [0.2, 0.25) is 5.02 Å². The maximum Gasteiger partial charge on any atom is 0.239 e. The molecule has 2 aromatic rings. The smallest absolute Gasteiger partial charge is 0.239 e. The third kappa shape index (κ3) is 3.55. The van der Waals surface area contributed by atoms with Crippen molar-refractivity contribution < 1.29 is 9.13 Å². The SMILES string of the molecule is COc1nccc(N(C)C)c1NCc1cc(Cl)ccc1F. The predicted octanol–water partition coefficient (Wildman–Crippen LogP) is 3.56. The number of benzene rings is 1. The quantitative estimate of drug-likeness (QED) is 0.916. The Morgan fingerprint density at radius 2 is 2.10 bits per heavy atom. The van der Waals surface area contributed by atoms with Crippen molar-refractivity contribution in [2.45, 2.75) is 6.54 Å². The standard InChI is InChI=1S/C15H17ClFN3O/c1-20(2)13-6-7-18-15(21-3)14(13)19-9-10-8-11(16)4-5-12(10)17/h4-8,19H,9H2,1-3H3. The highest BCUT2D eigenvalue weighted by Gasteiger charge is 2.13. The lowest BCUT2D eigenvalue weighted by atomic mass is 10.2. The molecule has 1 heterocycles. The largest absolute Gasteiger partial charge is 0.479 e. The molecule has 0 fully saturated rings. The van der Waals surface area contributed by atoms with Gasteiger partial charge < -0.3 is 15.0 Å². The zero-order valence-corrected chi connectivity index (χ0v) is 12.9. The molecular formula is C15H17ClFN3O. The molecule has 6 heteroatoms. The Morgan fingerprint density at radius 1 is 1.33 bits per heavy atom. The molecule has 0 unspecified atom stereocenters. The van der Waals surface area contributed by atoms with Crippen LogP contribution in [0.15, 0.2) is 30.5 Å². The number of nitrogens with zero attached hydrogens (tertiary/aromatic N) is 2. The van der Waals surface area contributed by atoms with Crippen molar-refractivity contribution in [3.63, 3.8) is 0 Å². The molecule has 1 N–H and O–H groups in total. The minimum absolute atomic E-state index is 0.287. The number of ether oxygens (including phenoxy) is 1. The molecule has 4 nitrogen and oxygen atoms in total. The summed E-state index contributed by atoms with van der Waals surface area (Å²) in [6.45, 7) is 0.287. The van der Waals surface area contributed by atoms with Crippen molar-refractivity contribution in [1.82, 2.24) is 4.98 Å². The normalized spacial score (nSPS) is 10.3. The zero-order valence-electron chi connectivity index (χ0n) is 12.2. The second kappa shape index (κ2) is 6.63. The van der Waals surface area contributed by atoms with Crippen LogP contribution in [-0.4, -0.2) is 26.2 Å². The first-order chi connectivity index (χ1) is 10.0. The second-order valence-corrected chi connectivity index (χ2v) is 5.13. The summed E-state index contributed by atoms with van der Waals surface area (Å²) in [7, 11) is 5.38. The van der Waals surface area contributed by atoms with E-state index >= 15 is 0 Å². The van der Waals surface area contributed by atoms with E-state index in [1.165, 1.54) is 12.1 Å². The van der Waals surface area contributed by atoms with E-state index in [2.05, 4.69) is 10.3 Å². The maximum absolute atomic E-state index is 13.8. The lowest BCUT2D eigenvalue weighted by Crippen LogP contribution is -2.14. The van der Waals surface area contributed by atoms with Crippen molar-refractivity contribution >= 4 is 23.0 Å². The number of halogens is 2. The summed E-state index contributed by atoms with van der Waals surface area (Å²) >= 11 is 5.90. The third-order valence-corrected chi connectivity index (χ3v) is 3.27. The van der Waals surface area contributed by atoms with Gasteiger partial charge in [-0.2, -0.15) is 0 Å². The molecule has 112 valence electrons. The van der Waals surface area contributed by atoms with E-state index in [0.29, 0.717) is 22.2 Å². The summed E-state index contributed by atoms with van der Waals surface area (Å²) in [6, 6.07) is 6.34. The molecule has 2 rings (SSSR count). The highest BCUT2D eigenvalue weighted by Crippen LogP contribution is 2.32. The van der Waals surface area contributed by atoms with Crippen LogP contribution in [0.4, 0.5) is 15.8 Å². The number of aromatic nitrogens is 1. The maximum atomic E-state index is 13.8. The molecule has 1 aromatic carbocycles. The Labute approximate surface area is 128 Å². The van der Waals surface area contributed by atoms with E-state index < -0.39 is 0 Å². The van der Waals surface area contributed by atoms with Gasteiger partial charge in [0, 0.05) is 37.4 Å². The van der Waals surface area contributed by atoms with E-state index in [1.54, 1.807) is 19.4 Å². The van der Waals surface area contributed by atoms with Gasteiger partial charge in [-0.05, 0) is 24.3 Å². The van der Waals surface area contributed by atoms with E-state index in [9.17, 15) is 4.39 Å². The first kappa shape index (κ1) is 15.4. The molecule has 0 saturated heterocycles. The molecule has 0 spiro atoms. The Hall–Kier alpha value is -2.01. The fourth-order valence-corrected chi connectivity index (χ4v) is 2.18. The molecule has 0 aliphatic carbocycles. The summed E-state index contributed by atoms with van der Waals surface area (Å²) in [5.41, 5.74) is 2.10. The Kier molecular flexibility index (Phi) is 4.85. The minimum Gasteiger partial charge on any atom is -0.479 e. The summed E-state index contributed by atoms with van der Waals surface area (Å²) in [4.78, 5) is 6.09. The van der Waals surface area contributed by atoms with Crippen molar-refractivity contribution in [2.75, 3.05) is 31.4 Å². The van der Waals surface area contributed by atoms with Gasteiger partial charge in [0.15, 0.2) is 0 Å². The van der Waals surface area contributed by atoms with Gasteiger partial charge in [0.2, 0.25) is 5.88 Å². The van der Waals surface area contributed by atoms with E-state index in [-0.39, 0.29) is 12.4 Å². The number of hydrogen-bond donors (Lipinski definition) is 1. The summed E-state index contributed by atoms with van der Waals surface area (Å²) in [6.07, 6.45) is 1.67. The Balaban J connectivity index is 2.29. The fourth-order valence-electron chi connectivity index (χ4n) is 1.99. The summed E-state index contributed by atoms with van der Waals surface area (Å²) in [5, 5.41) is 3.67. The highest BCUT2D eigenvalue weighted by atomic mass is 35.5. The van der Waals surface area contributed by atoms with Gasteiger partial charge in [-0.25, -0.2) is 9.37 Å². The lowest BCUT2D eigenvalue weighted by molar-refractivity contribution is 0.399. The average Bonchev–Trinajstić information content (AvgIpc) is 2.47. The van der Waals surface area contributed by atoms with Crippen LogP contribution in [0.5, 0.6) is 5.88 Å². The molecule has 0 amide bonds. The first-order valence-corrected chi connectivity index (χ1v) is 6.79. The molecule has 1 aromatic heterocycles. The predicted molar refractivity (Wildman–Crippen MR) is 83.9 cm³/mol. The number of rotatable bonds is 5. The van der Waals surface area contributed by atoms with E-state index in [1.807, 2.05) is 25.1 Å². The second-order valence-electron chi connectivity index (χ2n) is 4.70. The topological polar surface area (TPSA) is 37.4 Å². The van der Waals surface area contributed by atoms with Crippen molar-refractivity contribution in [1.29, 1.82) is 0 Å². The molecule has 0 aliphatic heterocycles. The van der Waals surface area contributed by atoms with Crippen LogP contribution in [0.1, 0.15) is 5.56 Å². The number of pyridine rings is 1. The third-order valence-electron chi connectivity index (χ3n) is 3.03. The molecule has 0 bridgehead atoms. The molecule has 0 radical (unpaired) electrons. The first-order valence-electron chi connectivity index (χ1n) is 6.41. The molecular weight excluding hydrogens is 293 g/mol. The Morgan fingerprint density at radius 3 is 2.76 bits per heavy atom. The van der Waals surface area contributed by atoms with Gasteiger partial charge in [0.25, 0.3) is 0 Å². The zero-order chi connectivity index (χ0) is 15.4. The number of anilines is 2. The molecule has 21 heavy (non-hydrogen) atoms. The molecule has 0 atom stereocenters. The fraction of sp³-hybridized carbons (Fsp3) is 0.267. The van der Waals surface area contributed by atoms with E-state index in [4.69, 9.17) is 16.3 Å². The monoisotopic (exact) mass is 309 g/mol. The summed E-state index contributed by atoms with van der Waals surface area (Å²) in [5.74, 6) is 0.157. The average molecular weight is 310 g/mol. The Bertz CT molecular complexity index is 634. The van der Waals surface area contributed by atoms with Crippen molar-refractivity contribution in [3.8, 4) is 5.88 Å². The van der Waals surface area contributed by atoms with Crippen LogP contribution >= 0.6 is 11.6 Å². The van der Waals surface area contributed by atoms with Gasteiger partial charge in [-0.3, -0.25) is 0 Å². The van der Waals surface area contributed by atoms with E-state index in [0.717, 1.165) is 5.69 Å². The van der Waals surface area contributed by atoms with Crippen LogP contribution < -0.4 is 15.0 Å². The van der Waals surface area contributed by atoms with Crippen molar-refractivity contribution in [2.24, 2.45) is 0 Å². The van der Waals surface area contributed by atoms with Gasteiger partial charge in [-0.1, -0.05) is 11.6 Å². The van der Waals surface area contributed by atoms with Gasteiger partial charge in [0.1, 0.15) is 11.5 Å². The van der Waals surface area contributed by atoms with Gasteiger partial charge in [-0.15, -0.1) is 0 Å². The molecule has 0 saturated carbocycles. The summed E-state index contributed by atoms with van der Waals surface area (Å²) < 4.78 is 19.0. The lowest BCUT2D eigenvalue weighted by Gasteiger charge is -2.20. The van der Waals surface area contributed by atoms with Crippen molar-refractivity contribution in [3.05, 3.63) is 46.9 Å². The molecule has 0 aliphatic rings. The van der Waals surface area contributed by atoms with Crippen LogP contribution in [-0.2, 0) is 6.54 Å². The minimum atomic E-state index is -0.304. The van der Waals surface area contributed by atoms with Crippen LogP contribution in [0.25, 0.3) is 0 Å². The van der Waals surface area contributed by atoms with Crippen LogP contribution in [0.3, 0.4) is 0 Å². The van der Waals surface area contributed by atoms with Gasteiger partial charge in [0.05, 0.1) is 12.8 Å². The number of nitrogens with one attached hydrogen (secondary N) is 1. The van der Waals surface area contributed by atoms with Gasteiger partial charge >= 0.3 is 0 Å². The number of hydrogen-bond acceptors (Lipinski definition) is 4. The number of methoxy groups -OCH3 is 1. The highest BCUT2D eigenvalue weighted by molar-refractivity contribution is 6.30.